The molecule has 2 aliphatic rings. The minimum atomic E-state index is -0.0995. The summed E-state index contributed by atoms with van der Waals surface area (Å²) in [6.45, 7) is 3.87. The number of anilines is 1. The Morgan fingerprint density at radius 3 is 2.76 bits per heavy atom. The van der Waals surface area contributed by atoms with Crippen LogP contribution < -0.4 is 15.0 Å². The Morgan fingerprint density at radius 2 is 2.03 bits per heavy atom. The lowest BCUT2D eigenvalue weighted by molar-refractivity contribution is -0.126. The molecule has 29 heavy (non-hydrogen) atoms. The lowest BCUT2D eigenvalue weighted by Crippen LogP contribution is -2.52. The number of amides is 3. The van der Waals surface area contributed by atoms with Crippen molar-refractivity contribution >= 4 is 29.2 Å². The number of halogens is 1. The van der Waals surface area contributed by atoms with E-state index in [9.17, 15) is 9.59 Å². The van der Waals surface area contributed by atoms with Crippen molar-refractivity contribution in [3.63, 3.8) is 0 Å². The van der Waals surface area contributed by atoms with Crippen molar-refractivity contribution in [1.29, 1.82) is 0 Å². The Labute approximate surface area is 174 Å². The number of benzene rings is 1. The molecule has 1 aromatic carbocycles. The van der Waals surface area contributed by atoms with Gasteiger partial charge in [-0.05, 0) is 50.1 Å². The number of ether oxygens (including phenoxy) is 1. The summed E-state index contributed by atoms with van der Waals surface area (Å²) in [6, 6.07) is 8.86. The minimum Gasteiger partial charge on any atom is -0.487 e. The second-order valence-corrected chi connectivity index (χ2v) is 7.93. The van der Waals surface area contributed by atoms with Gasteiger partial charge in [-0.15, -0.1) is 0 Å². The zero-order chi connectivity index (χ0) is 20.4. The van der Waals surface area contributed by atoms with Crippen LogP contribution in [0.3, 0.4) is 0 Å². The van der Waals surface area contributed by atoms with Crippen LogP contribution in [0.1, 0.15) is 25.5 Å². The summed E-state index contributed by atoms with van der Waals surface area (Å²) in [5, 5.41) is 3.47. The zero-order valence-corrected chi connectivity index (χ0v) is 17.0. The normalized spacial score (nSPS) is 19.4. The molecule has 4 rings (SSSR count). The topological polar surface area (TPSA) is 75.0 Å². The number of likely N-dealkylation sites (tertiary alicyclic amines) is 1. The monoisotopic (exact) mass is 417 g/mol. The van der Waals surface area contributed by atoms with Gasteiger partial charge in [0.25, 0.3) is 0 Å². The van der Waals surface area contributed by atoms with Crippen LogP contribution in [0.15, 0.2) is 41.0 Å². The molecule has 0 bridgehead atoms. The molecule has 8 heteroatoms. The fraction of sp³-hybridized carbons (Fsp3) is 0.429. The number of hydrogen-bond acceptors (Lipinski definition) is 4. The summed E-state index contributed by atoms with van der Waals surface area (Å²) in [4.78, 5) is 29.1. The van der Waals surface area contributed by atoms with Gasteiger partial charge in [-0.2, -0.15) is 0 Å². The van der Waals surface area contributed by atoms with E-state index in [2.05, 4.69) is 5.32 Å². The second kappa shape index (κ2) is 8.37. The van der Waals surface area contributed by atoms with Gasteiger partial charge in [-0.3, -0.25) is 9.69 Å². The van der Waals surface area contributed by atoms with Gasteiger partial charge < -0.3 is 19.4 Å². The molecule has 2 aliphatic heterocycles. The Bertz CT molecular complexity index is 878. The summed E-state index contributed by atoms with van der Waals surface area (Å²) in [7, 11) is 0. The van der Waals surface area contributed by atoms with Crippen LogP contribution in [0.5, 0.6) is 5.75 Å². The molecule has 0 spiro atoms. The van der Waals surface area contributed by atoms with Gasteiger partial charge in [-0.1, -0.05) is 11.6 Å². The van der Waals surface area contributed by atoms with E-state index in [-0.39, 0.29) is 24.0 Å². The second-order valence-electron chi connectivity index (χ2n) is 7.49. The first kappa shape index (κ1) is 19.6. The number of hydrogen-bond donors (Lipinski definition) is 1. The summed E-state index contributed by atoms with van der Waals surface area (Å²) in [5.41, 5.74) is 0.693. The predicted molar refractivity (Wildman–Crippen MR) is 109 cm³/mol. The molecule has 0 radical (unpaired) electrons. The van der Waals surface area contributed by atoms with E-state index in [4.69, 9.17) is 20.8 Å². The molecule has 0 aliphatic carbocycles. The maximum Gasteiger partial charge on any atom is 0.324 e. The first-order chi connectivity index (χ1) is 14.0. The van der Waals surface area contributed by atoms with E-state index < -0.39 is 0 Å². The highest BCUT2D eigenvalue weighted by atomic mass is 35.5. The maximum absolute atomic E-state index is 13.2. The van der Waals surface area contributed by atoms with Gasteiger partial charge in [-0.25, -0.2) is 4.79 Å². The van der Waals surface area contributed by atoms with Crippen LogP contribution in [-0.2, 0) is 11.3 Å². The largest absolute Gasteiger partial charge is 0.487 e. The van der Waals surface area contributed by atoms with Gasteiger partial charge >= 0.3 is 6.03 Å². The Hall–Kier alpha value is -2.67. The van der Waals surface area contributed by atoms with Crippen LogP contribution >= 0.6 is 11.6 Å². The molecular weight excluding hydrogens is 394 g/mol. The van der Waals surface area contributed by atoms with Crippen LogP contribution in [0, 0.1) is 5.92 Å². The van der Waals surface area contributed by atoms with Gasteiger partial charge in [0.2, 0.25) is 5.91 Å². The Kier molecular flexibility index (Phi) is 5.67. The van der Waals surface area contributed by atoms with Crippen LogP contribution in [0.25, 0.3) is 0 Å². The fourth-order valence-electron chi connectivity index (χ4n) is 3.83. The van der Waals surface area contributed by atoms with Crippen molar-refractivity contribution in [3.8, 4) is 5.75 Å². The zero-order valence-electron chi connectivity index (χ0n) is 16.3. The molecule has 1 fully saturated rings. The third-order valence-electron chi connectivity index (χ3n) is 5.36. The number of urea groups is 1. The quantitative estimate of drug-likeness (QED) is 0.826. The molecule has 1 N–H and O–H groups in total. The number of fused-ring (bicyclic) bond motifs is 1. The summed E-state index contributed by atoms with van der Waals surface area (Å²) in [5.74, 6) is 1.29. The molecule has 3 heterocycles. The fourth-order valence-corrected chi connectivity index (χ4v) is 3.99. The van der Waals surface area contributed by atoms with Gasteiger partial charge in [0, 0.05) is 24.0 Å². The molecule has 3 amide bonds. The minimum absolute atomic E-state index is 0.00520. The SMILES string of the molecule is C[C@H]1CN(C(=O)N2CCC(C(=O)NCc3ccco3)CC2)c2cc(Cl)ccc2O1. The third kappa shape index (κ3) is 4.34. The highest BCUT2D eigenvalue weighted by Gasteiger charge is 2.34. The van der Waals surface area contributed by atoms with Crippen molar-refractivity contribution in [1.82, 2.24) is 10.2 Å². The van der Waals surface area contributed by atoms with E-state index in [0.717, 1.165) is 5.76 Å². The van der Waals surface area contributed by atoms with Crippen LogP contribution in [0.4, 0.5) is 10.5 Å². The third-order valence-corrected chi connectivity index (χ3v) is 5.60. The van der Waals surface area contributed by atoms with Crippen molar-refractivity contribution in [2.75, 3.05) is 24.5 Å². The number of carbonyl (C=O) groups is 2. The van der Waals surface area contributed by atoms with E-state index >= 15 is 0 Å². The van der Waals surface area contributed by atoms with Gasteiger partial charge in [0.15, 0.2) is 0 Å². The van der Waals surface area contributed by atoms with Crippen molar-refractivity contribution in [2.24, 2.45) is 5.92 Å². The molecule has 154 valence electrons. The number of furan rings is 1. The average Bonchev–Trinajstić information content (AvgIpc) is 3.25. The molecule has 1 aromatic heterocycles. The molecule has 2 aromatic rings. The average molecular weight is 418 g/mol. The standard InChI is InChI=1S/C21H24ClN3O4/c1-14-13-25(18-11-16(22)4-5-19(18)29-14)21(27)24-8-6-15(7-9-24)20(26)23-12-17-3-2-10-28-17/h2-5,10-11,14-15H,6-9,12-13H2,1H3,(H,23,26)/t14-/m0/s1. The van der Waals surface area contributed by atoms with E-state index in [0.29, 0.717) is 55.5 Å². The van der Waals surface area contributed by atoms with E-state index in [1.807, 2.05) is 13.0 Å². The number of nitrogens with one attached hydrogen (secondary N) is 1. The van der Waals surface area contributed by atoms with Gasteiger partial charge in [0.05, 0.1) is 25.0 Å². The van der Waals surface area contributed by atoms with Crippen molar-refractivity contribution in [2.45, 2.75) is 32.4 Å². The number of rotatable bonds is 3. The summed E-state index contributed by atoms with van der Waals surface area (Å²) < 4.78 is 11.1. The van der Waals surface area contributed by atoms with Gasteiger partial charge in [0.1, 0.15) is 17.6 Å². The highest BCUT2D eigenvalue weighted by molar-refractivity contribution is 6.31. The van der Waals surface area contributed by atoms with Crippen LogP contribution in [-0.4, -0.2) is 42.6 Å². The predicted octanol–water partition coefficient (Wildman–Crippen LogP) is 3.67. The molecular formula is C21H24ClN3O4. The summed E-state index contributed by atoms with van der Waals surface area (Å²) >= 11 is 6.13. The van der Waals surface area contributed by atoms with Crippen LogP contribution in [0.2, 0.25) is 5.02 Å². The van der Waals surface area contributed by atoms with E-state index in [1.54, 1.807) is 40.3 Å². The van der Waals surface area contributed by atoms with Crippen molar-refractivity contribution < 1.29 is 18.7 Å². The lowest BCUT2D eigenvalue weighted by Gasteiger charge is -2.39. The molecule has 1 saturated heterocycles. The smallest absolute Gasteiger partial charge is 0.324 e. The molecule has 0 unspecified atom stereocenters. The number of piperidine rings is 1. The van der Waals surface area contributed by atoms with Crippen molar-refractivity contribution in [3.05, 3.63) is 47.4 Å². The summed E-state index contributed by atoms with van der Waals surface area (Å²) in [6.07, 6.45) is 2.76. The molecule has 1 atom stereocenters. The highest BCUT2D eigenvalue weighted by Crippen LogP contribution is 2.36. The first-order valence-corrected chi connectivity index (χ1v) is 10.2. The molecule has 0 saturated carbocycles. The lowest BCUT2D eigenvalue weighted by atomic mass is 9.96. The Morgan fingerprint density at radius 1 is 1.24 bits per heavy atom. The molecule has 7 nitrogen and oxygen atoms in total. The first-order valence-electron chi connectivity index (χ1n) is 9.84. The maximum atomic E-state index is 13.2. The number of carbonyl (C=O) groups excluding carboxylic acids is 2. The Balaban J connectivity index is 1.36. The number of nitrogens with zero attached hydrogens (tertiary/aromatic N) is 2. The van der Waals surface area contributed by atoms with E-state index in [1.165, 1.54) is 0 Å².